The lowest BCUT2D eigenvalue weighted by atomic mass is 10.2. The number of para-hydroxylation sites is 1. The number of hydrazine groups is 1. The molecule has 0 aliphatic rings. The van der Waals surface area contributed by atoms with E-state index in [1.54, 1.807) is 6.07 Å². The molecule has 0 aliphatic carbocycles. The summed E-state index contributed by atoms with van der Waals surface area (Å²) in [5, 5.41) is 0.114. The van der Waals surface area contributed by atoms with Gasteiger partial charge in [-0.1, -0.05) is 48.0 Å². The summed E-state index contributed by atoms with van der Waals surface area (Å²) in [5.41, 5.74) is 9.10. The number of anilines is 1. The van der Waals surface area contributed by atoms with E-state index in [1.807, 2.05) is 54.6 Å². The largest absolute Gasteiger partial charge is 0.489 e. The monoisotopic (exact) mass is 356 g/mol. The molecule has 0 heterocycles. The first kappa shape index (κ1) is 17.3. The van der Waals surface area contributed by atoms with Crippen molar-refractivity contribution in [1.29, 1.82) is 0 Å². The van der Waals surface area contributed by atoms with Gasteiger partial charge in [-0.05, 0) is 47.5 Å². The van der Waals surface area contributed by atoms with Gasteiger partial charge in [0.25, 0.3) is 0 Å². The molecular formula is C20H18ClFN2O. The van der Waals surface area contributed by atoms with Crippen molar-refractivity contribution in [2.24, 2.45) is 0 Å². The Morgan fingerprint density at radius 2 is 1.72 bits per heavy atom. The summed E-state index contributed by atoms with van der Waals surface area (Å²) in [6.07, 6.45) is 0. The Balaban J connectivity index is 1.53. The summed E-state index contributed by atoms with van der Waals surface area (Å²) < 4.78 is 19.2. The maximum Gasteiger partial charge on any atom is 0.142 e. The quantitative estimate of drug-likeness (QED) is 0.572. The first-order valence-corrected chi connectivity index (χ1v) is 8.28. The summed E-state index contributed by atoms with van der Waals surface area (Å²) in [4.78, 5) is 0. The molecule has 3 nitrogen and oxygen atoms in total. The van der Waals surface area contributed by atoms with Gasteiger partial charge in [-0.2, -0.15) is 0 Å². The normalized spacial score (nSPS) is 10.5. The summed E-state index contributed by atoms with van der Waals surface area (Å²) in [5.74, 6) is 0.294. The zero-order chi connectivity index (χ0) is 17.5. The average molecular weight is 357 g/mol. The zero-order valence-electron chi connectivity index (χ0n) is 13.5. The van der Waals surface area contributed by atoms with Crippen LogP contribution in [-0.4, -0.2) is 0 Å². The second kappa shape index (κ2) is 8.51. The molecule has 0 bridgehead atoms. The molecule has 0 unspecified atom stereocenters. The molecule has 0 spiro atoms. The van der Waals surface area contributed by atoms with E-state index in [9.17, 15) is 4.39 Å². The number of benzene rings is 3. The van der Waals surface area contributed by atoms with Crippen LogP contribution in [-0.2, 0) is 13.2 Å². The Hall–Kier alpha value is -2.56. The predicted molar refractivity (Wildman–Crippen MR) is 99.1 cm³/mol. The maximum absolute atomic E-state index is 13.4. The molecule has 3 rings (SSSR count). The fourth-order valence-electron chi connectivity index (χ4n) is 2.31. The SMILES string of the molecule is Fc1cc(COc2cccc(CNNc3ccccc3)c2)ccc1Cl. The van der Waals surface area contributed by atoms with Gasteiger partial charge in [0.1, 0.15) is 18.2 Å². The Morgan fingerprint density at radius 3 is 2.52 bits per heavy atom. The van der Waals surface area contributed by atoms with Crippen molar-refractivity contribution in [3.8, 4) is 5.75 Å². The van der Waals surface area contributed by atoms with Gasteiger partial charge in [-0.3, -0.25) is 0 Å². The first-order valence-electron chi connectivity index (χ1n) is 7.90. The van der Waals surface area contributed by atoms with Crippen molar-refractivity contribution in [2.75, 3.05) is 5.43 Å². The molecule has 25 heavy (non-hydrogen) atoms. The minimum Gasteiger partial charge on any atom is -0.489 e. The van der Waals surface area contributed by atoms with Crippen molar-refractivity contribution in [3.05, 3.63) is 94.8 Å². The molecule has 128 valence electrons. The van der Waals surface area contributed by atoms with Crippen LogP contribution in [0, 0.1) is 5.82 Å². The van der Waals surface area contributed by atoms with Crippen molar-refractivity contribution in [3.63, 3.8) is 0 Å². The highest BCUT2D eigenvalue weighted by molar-refractivity contribution is 6.30. The molecule has 0 aromatic heterocycles. The van der Waals surface area contributed by atoms with Crippen molar-refractivity contribution in [2.45, 2.75) is 13.2 Å². The van der Waals surface area contributed by atoms with Crippen molar-refractivity contribution < 1.29 is 9.13 Å². The third kappa shape index (κ3) is 5.21. The lowest BCUT2D eigenvalue weighted by Gasteiger charge is -2.11. The van der Waals surface area contributed by atoms with Crippen LogP contribution >= 0.6 is 11.6 Å². The predicted octanol–water partition coefficient (Wildman–Crippen LogP) is 5.17. The maximum atomic E-state index is 13.4. The smallest absolute Gasteiger partial charge is 0.142 e. The topological polar surface area (TPSA) is 33.3 Å². The molecule has 0 amide bonds. The van der Waals surface area contributed by atoms with Crippen LogP contribution in [0.1, 0.15) is 11.1 Å². The van der Waals surface area contributed by atoms with Gasteiger partial charge in [-0.15, -0.1) is 0 Å². The van der Waals surface area contributed by atoms with Crippen LogP contribution in [0.25, 0.3) is 0 Å². The Morgan fingerprint density at radius 1 is 0.880 bits per heavy atom. The molecule has 0 saturated carbocycles. The Kier molecular flexibility index (Phi) is 5.88. The minimum atomic E-state index is -0.437. The third-order valence-electron chi connectivity index (χ3n) is 3.59. The molecule has 3 aromatic rings. The van der Waals surface area contributed by atoms with E-state index in [2.05, 4.69) is 10.9 Å². The molecule has 0 radical (unpaired) electrons. The van der Waals surface area contributed by atoms with E-state index in [-0.39, 0.29) is 11.6 Å². The van der Waals surface area contributed by atoms with Crippen molar-refractivity contribution in [1.82, 2.24) is 5.43 Å². The van der Waals surface area contributed by atoms with E-state index < -0.39 is 5.82 Å². The first-order chi connectivity index (χ1) is 12.2. The number of ether oxygens (including phenoxy) is 1. The van der Waals surface area contributed by atoms with E-state index in [0.29, 0.717) is 6.54 Å². The van der Waals surface area contributed by atoms with Crippen molar-refractivity contribution >= 4 is 17.3 Å². The molecule has 0 atom stereocenters. The van der Waals surface area contributed by atoms with Crippen LogP contribution in [0.3, 0.4) is 0 Å². The zero-order valence-corrected chi connectivity index (χ0v) is 14.3. The van der Waals surface area contributed by atoms with Crippen LogP contribution < -0.4 is 15.6 Å². The van der Waals surface area contributed by atoms with Crippen LogP contribution in [0.15, 0.2) is 72.8 Å². The van der Waals surface area contributed by atoms with Gasteiger partial charge in [0.2, 0.25) is 0 Å². The summed E-state index contributed by atoms with van der Waals surface area (Å²) >= 11 is 5.68. The van der Waals surface area contributed by atoms with Gasteiger partial charge >= 0.3 is 0 Å². The van der Waals surface area contributed by atoms with E-state index in [0.717, 1.165) is 22.6 Å². The third-order valence-corrected chi connectivity index (χ3v) is 3.89. The Bertz CT molecular complexity index is 827. The number of rotatable bonds is 7. The molecule has 2 N–H and O–H groups in total. The molecular weight excluding hydrogens is 339 g/mol. The number of hydrogen-bond acceptors (Lipinski definition) is 3. The highest BCUT2D eigenvalue weighted by Crippen LogP contribution is 2.18. The van der Waals surface area contributed by atoms with E-state index in [1.165, 1.54) is 12.1 Å². The molecule has 5 heteroatoms. The number of hydrogen-bond donors (Lipinski definition) is 2. The van der Waals surface area contributed by atoms with Gasteiger partial charge in [-0.25, -0.2) is 9.82 Å². The minimum absolute atomic E-state index is 0.114. The number of halogens is 2. The summed E-state index contributed by atoms with van der Waals surface area (Å²) in [6, 6.07) is 22.3. The number of nitrogens with one attached hydrogen (secondary N) is 2. The van der Waals surface area contributed by atoms with Crippen LogP contribution in [0.4, 0.5) is 10.1 Å². The van der Waals surface area contributed by atoms with Gasteiger partial charge < -0.3 is 10.2 Å². The van der Waals surface area contributed by atoms with Crippen LogP contribution in [0.5, 0.6) is 5.75 Å². The highest BCUT2D eigenvalue weighted by atomic mass is 35.5. The molecule has 0 saturated heterocycles. The molecule has 3 aromatic carbocycles. The fraction of sp³-hybridized carbons (Fsp3) is 0.100. The standard InChI is InChI=1S/C20H18ClFN2O/c21-19-10-9-16(12-20(19)22)14-25-18-8-4-5-15(11-18)13-23-24-17-6-2-1-3-7-17/h1-12,23-24H,13-14H2. The Labute approximate surface area is 151 Å². The highest BCUT2D eigenvalue weighted by Gasteiger charge is 2.03. The van der Waals surface area contributed by atoms with E-state index >= 15 is 0 Å². The lowest BCUT2D eigenvalue weighted by molar-refractivity contribution is 0.305. The van der Waals surface area contributed by atoms with Crippen LogP contribution in [0.2, 0.25) is 5.02 Å². The second-order valence-corrected chi connectivity index (χ2v) is 5.94. The fourth-order valence-corrected chi connectivity index (χ4v) is 2.43. The second-order valence-electron chi connectivity index (χ2n) is 5.53. The molecule has 0 fully saturated rings. The van der Waals surface area contributed by atoms with Gasteiger partial charge in [0.05, 0.1) is 5.02 Å². The lowest BCUT2D eigenvalue weighted by Crippen LogP contribution is -2.20. The summed E-state index contributed by atoms with van der Waals surface area (Å²) in [6.45, 7) is 0.925. The van der Waals surface area contributed by atoms with E-state index in [4.69, 9.17) is 16.3 Å². The van der Waals surface area contributed by atoms with Gasteiger partial charge in [0.15, 0.2) is 0 Å². The average Bonchev–Trinajstić information content (AvgIpc) is 2.64. The van der Waals surface area contributed by atoms with Gasteiger partial charge in [0, 0.05) is 12.2 Å². The molecule has 0 aliphatic heterocycles. The summed E-state index contributed by atoms with van der Waals surface area (Å²) in [7, 11) is 0.